The lowest BCUT2D eigenvalue weighted by molar-refractivity contribution is 0.0645. The Morgan fingerprint density at radius 2 is 1.94 bits per heavy atom. The molecule has 8 heteroatoms. The Bertz CT molecular complexity index is 806. The molecule has 2 amide bonds. The van der Waals surface area contributed by atoms with E-state index in [9.17, 15) is 13.8 Å². The lowest BCUT2D eigenvalue weighted by Crippen LogP contribution is -2.39. The summed E-state index contributed by atoms with van der Waals surface area (Å²) in [5.41, 5.74) is 3.03. The molecule has 1 N–H and O–H groups in total. The van der Waals surface area contributed by atoms with E-state index in [1.165, 1.54) is 5.56 Å². The molecule has 1 aromatic rings. The molecule has 1 atom stereocenters. The van der Waals surface area contributed by atoms with Gasteiger partial charge in [-0.15, -0.1) is 0 Å². The number of amides is 2. The number of hydrogen-bond donors (Lipinski definition) is 1. The van der Waals surface area contributed by atoms with Gasteiger partial charge in [-0.05, 0) is 75.1 Å². The molecule has 1 saturated heterocycles. The number of carbonyl (C=O) groups is 2. The van der Waals surface area contributed by atoms with Crippen LogP contribution in [0.25, 0.3) is 0 Å². The topological polar surface area (TPSA) is 79.0 Å². The van der Waals surface area contributed by atoms with Crippen LogP contribution in [0.3, 0.4) is 0 Å². The van der Waals surface area contributed by atoms with Crippen molar-refractivity contribution >= 4 is 23.0 Å². The molecule has 31 heavy (non-hydrogen) atoms. The molecule has 1 unspecified atom stereocenters. The molecule has 1 fully saturated rings. The van der Waals surface area contributed by atoms with E-state index in [-0.39, 0.29) is 18.1 Å². The van der Waals surface area contributed by atoms with Crippen LogP contribution in [-0.2, 0) is 28.7 Å². The van der Waals surface area contributed by atoms with E-state index in [1.54, 1.807) is 11.2 Å². The molecule has 0 bridgehead atoms. The fourth-order valence-electron chi connectivity index (χ4n) is 4.26. The molecule has 1 aromatic carbocycles. The first-order valence-electron chi connectivity index (χ1n) is 11.3. The highest BCUT2D eigenvalue weighted by molar-refractivity contribution is 7.81. The first kappa shape index (κ1) is 23.7. The molecule has 2 heterocycles. The fourth-order valence-corrected chi connectivity index (χ4v) is 4.93. The van der Waals surface area contributed by atoms with Crippen LogP contribution >= 0.6 is 0 Å². The van der Waals surface area contributed by atoms with Gasteiger partial charge in [0.2, 0.25) is 0 Å². The largest absolute Gasteiger partial charge is 0.447 e. The number of hydrogen-bond acceptors (Lipinski definition) is 4. The number of carbonyl (C=O) groups excluding carboxylic acids is 2. The summed E-state index contributed by atoms with van der Waals surface area (Å²) < 4.78 is 18.9. The van der Waals surface area contributed by atoms with Crippen molar-refractivity contribution in [3.63, 3.8) is 0 Å². The number of nitrogens with zero attached hydrogens (tertiary/aromatic N) is 2. The molecule has 2 aliphatic rings. The number of ether oxygens (including phenoxy) is 1. The summed E-state index contributed by atoms with van der Waals surface area (Å²) >= 11 is 0. The number of benzene rings is 1. The van der Waals surface area contributed by atoms with Crippen molar-refractivity contribution in [3.05, 3.63) is 34.9 Å². The van der Waals surface area contributed by atoms with Gasteiger partial charge in [-0.2, -0.15) is 0 Å². The molecule has 0 aromatic heterocycles. The van der Waals surface area contributed by atoms with Gasteiger partial charge < -0.3 is 15.0 Å². The van der Waals surface area contributed by atoms with Crippen LogP contribution in [-0.4, -0.2) is 64.0 Å². The molecule has 3 rings (SSSR count). The minimum Gasteiger partial charge on any atom is -0.447 e. The number of nitrogens with one attached hydrogen (secondary N) is 1. The predicted molar refractivity (Wildman–Crippen MR) is 122 cm³/mol. The standard InChI is InChI=1S/C23H35N3O4S/c1-17(2)30-23(28)25-12-8-18(9-13-25)5-4-11-24-22(27)20-6-7-21-16-26(31(3)29)14-10-19(21)15-20/h6-7,15,17-18H,4-5,8-14,16H2,1-3H3,(H,24,27). The summed E-state index contributed by atoms with van der Waals surface area (Å²) in [6, 6.07) is 5.83. The van der Waals surface area contributed by atoms with E-state index >= 15 is 0 Å². The van der Waals surface area contributed by atoms with Crippen LogP contribution in [0.4, 0.5) is 4.79 Å². The molecule has 0 saturated carbocycles. The third-order valence-corrected chi connectivity index (χ3v) is 7.13. The second-order valence-electron chi connectivity index (χ2n) is 8.78. The van der Waals surface area contributed by atoms with Gasteiger partial charge in [0, 0.05) is 44.5 Å². The van der Waals surface area contributed by atoms with E-state index in [0.717, 1.165) is 57.3 Å². The molecular weight excluding hydrogens is 414 g/mol. The second kappa shape index (κ2) is 11.1. The first-order valence-corrected chi connectivity index (χ1v) is 12.8. The molecule has 0 radical (unpaired) electrons. The van der Waals surface area contributed by atoms with Crippen molar-refractivity contribution in [2.75, 3.05) is 32.4 Å². The Kier molecular flexibility index (Phi) is 8.49. The van der Waals surface area contributed by atoms with Crippen molar-refractivity contribution in [1.82, 2.24) is 14.5 Å². The zero-order valence-corrected chi connectivity index (χ0v) is 19.7. The van der Waals surface area contributed by atoms with Gasteiger partial charge >= 0.3 is 6.09 Å². The number of rotatable bonds is 7. The Morgan fingerprint density at radius 1 is 1.19 bits per heavy atom. The third kappa shape index (κ3) is 6.77. The maximum atomic E-state index is 12.5. The zero-order valence-electron chi connectivity index (χ0n) is 18.9. The Labute approximate surface area is 188 Å². The van der Waals surface area contributed by atoms with Crippen LogP contribution in [0, 0.1) is 5.92 Å². The van der Waals surface area contributed by atoms with E-state index < -0.39 is 11.0 Å². The maximum Gasteiger partial charge on any atom is 0.410 e. The highest BCUT2D eigenvalue weighted by atomic mass is 32.2. The summed E-state index contributed by atoms with van der Waals surface area (Å²) in [5, 5.41) is 3.04. The van der Waals surface area contributed by atoms with Gasteiger partial charge in [0.05, 0.1) is 17.1 Å². The predicted octanol–water partition coefficient (Wildman–Crippen LogP) is 3.11. The summed E-state index contributed by atoms with van der Waals surface area (Å²) in [7, 11) is -0.960. The van der Waals surface area contributed by atoms with Crippen molar-refractivity contribution in [3.8, 4) is 0 Å². The SMILES string of the molecule is CC(C)OC(=O)N1CCC(CCCNC(=O)c2ccc3c(c2)CCN(S(C)=O)C3)CC1. The number of piperidine rings is 1. The first-order chi connectivity index (χ1) is 14.8. The smallest absolute Gasteiger partial charge is 0.410 e. The van der Waals surface area contributed by atoms with E-state index in [2.05, 4.69) is 5.32 Å². The van der Waals surface area contributed by atoms with Gasteiger partial charge in [0.25, 0.3) is 5.91 Å². The van der Waals surface area contributed by atoms with Gasteiger partial charge in [0.15, 0.2) is 0 Å². The highest BCUT2D eigenvalue weighted by Gasteiger charge is 2.24. The minimum atomic E-state index is -0.960. The second-order valence-corrected chi connectivity index (χ2v) is 10.1. The average molecular weight is 450 g/mol. The molecule has 7 nitrogen and oxygen atoms in total. The lowest BCUT2D eigenvalue weighted by atomic mass is 9.92. The van der Waals surface area contributed by atoms with Gasteiger partial charge in [0.1, 0.15) is 0 Å². The average Bonchev–Trinajstić information content (AvgIpc) is 2.75. The van der Waals surface area contributed by atoms with Gasteiger partial charge in [-0.1, -0.05) is 6.07 Å². The molecular formula is C23H35N3O4S. The van der Waals surface area contributed by atoms with Crippen LogP contribution < -0.4 is 5.32 Å². The Morgan fingerprint density at radius 3 is 2.61 bits per heavy atom. The van der Waals surface area contributed by atoms with Crippen LogP contribution in [0.2, 0.25) is 0 Å². The minimum absolute atomic E-state index is 0.0319. The maximum absolute atomic E-state index is 12.5. The summed E-state index contributed by atoms with van der Waals surface area (Å²) in [6.07, 6.45) is 6.21. The monoisotopic (exact) mass is 449 g/mol. The van der Waals surface area contributed by atoms with Gasteiger partial charge in [-0.25, -0.2) is 13.3 Å². The van der Waals surface area contributed by atoms with Gasteiger partial charge in [-0.3, -0.25) is 4.79 Å². The normalized spacial score (nSPS) is 18.5. The third-order valence-electron chi connectivity index (χ3n) is 6.09. The summed E-state index contributed by atoms with van der Waals surface area (Å²) in [4.78, 5) is 26.3. The van der Waals surface area contributed by atoms with Crippen LogP contribution in [0.5, 0.6) is 0 Å². The summed E-state index contributed by atoms with van der Waals surface area (Å²) in [6.45, 7) is 7.33. The zero-order chi connectivity index (χ0) is 22.4. The van der Waals surface area contributed by atoms with E-state index in [0.29, 0.717) is 24.6 Å². The number of likely N-dealkylation sites (tertiary alicyclic amines) is 1. The fraction of sp³-hybridized carbons (Fsp3) is 0.652. The van der Waals surface area contributed by atoms with Crippen LogP contribution in [0.1, 0.15) is 61.0 Å². The molecule has 0 spiro atoms. The van der Waals surface area contributed by atoms with Crippen molar-refractivity contribution in [2.45, 2.75) is 58.6 Å². The molecule has 172 valence electrons. The Balaban J connectivity index is 1.37. The van der Waals surface area contributed by atoms with Crippen LogP contribution in [0.15, 0.2) is 18.2 Å². The number of fused-ring (bicyclic) bond motifs is 1. The molecule has 0 aliphatic carbocycles. The lowest BCUT2D eigenvalue weighted by Gasteiger charge is -2.31. The quantitative estimate of drug-likeness (QED) is 0.649. The van der Waals surface area contributed by atoms with Crippen molar-refractivity contribution in [1.29, 1.82) is 0 Å². The highest BCUT2D eigenvalue weighted by Crippen LogP contribution is 2.23. The Hall–Kier alpha value is -1.93. The van der Waals surface area contributed by atoms with Crippen molar-refractivity contribution < 1.29 is 18.5 Å². The van der Waals surface area contributed by atoms with Crippen molar-refractivity contribution in [2.24, 2.45) is 5.92 Å². The molecule has 2 aliphatic heterocycles. The van der Waals surface area contributed by atoms with E-state index in [1.807, 2.05) is 36.4 Å². The summed E-state index contributed by atoms with van der Waals surface area (Å²) in [5.74, 6) is 0.561. The van der Waals surface area contributed by atoms with E-state index in [4.69, 9.17) is 4.74 Å².